The maximum atomic E-state index is 12.3. The van der Waals surface area contributed by atoms with E-state index < -0.39 is 23.4 Å². The van der Waals surface area contributed by atoms with Crippen LogP contribution >= 0.6 is 0 Å². The van der Waals surface area contributed by atoms with Crippen LogP contribution in [0.5, 0.6) is 0 Å². The Morgan fingerprint density at radius 2 is 2.32 bits per heavy atom. The van der Waals surface area contributed by atoms with E-state index >= 15 is 0 Å². The number of azide groups is 1. The van der Waals surface area contributed by atoms with Crippen LogP contribution in [0.15, 0.2) is 27.6 Å². The summed E-state index contributed by atoms with van der Waals surface area (Å²) in [7, 11) is 0. The first-order valence-corrected chi connectivity index (χ1v) is 4.98. The van der Waals surface area contributed by atoms with Crippen molar-refractivity contribution in [2.24, 2.45) is 5.11 Å². The van der Waals surface area contributed by atoms with E-state index in [4.69, 9.17) is 5.53 Å². The average Bonchev–Trinajstić information content (AvgIpc) is 2.77. The van der Waals surface area contributed by atoms with Crippen molar-refractivity contribution >= 4 is 12.0 Å². The van der Waals surface area contributed by atoms with Crippen LogP contribution in [0.25, 0.3) is 16.5 Å². The van der Waals surface area contributed by atoms with Crippen molar-refractivity contribution < 1.29 is 27.1 Å². The van der Waals surface area contributed by atoms with Gasteiger partial charge in [-0.1, -0.05) is 5.11 Å². The molecule has 102 valence electrons. The van der Waals surface area contributed by atoms with Gasteiger partial charge in [0.1, 0.15) is 17.7 Å². The van der Waals surface area contributed by atoms with E-state index in [1.807, 2.05) is 0 Å². The molecule has 19 heavy (non-hydrogen) atoms. The molecule has 0 aliphatic rings. The van der Waals surface area contributed by atoms with Crippen molar-refractivity contribution in [3.8, 4) is 0 Å². The Labute approximate surface area is 105 Å². The molecule has 1 aromatic heterocycles. The molecule has 0 radical (unpaired) electrons. The summed E-state index contributed by atoms with van der Waals surface area (Å²) in [6, 6.07) is 0.673. The molecule has 0 aliphatic carbocycles. The molecule has 0 N–H and O–H groups in total. The Bertz CT molecular complexity index is 542. The molecule has 6 nitrogen and oxygen atoms in total. The van der Waals surface area contributed by atoms with Crippen molar-refractivity contribution in [1.29, 1.82) is 0 Å². The van der Waals surface area contributed by atoms with Crippen LogP contribution < -0.4 is 0 Å². The van der Waals surface area contributed by atoms with Crippen LogP contribution in [0.1, 0.15) is 18.2 Å². The normalized spacial score (nSPS) is 11.9. The molecule has 1 aromatic rings. The summed E-state index contributed by atoms with van der Waals surface area (Å²) < 4.78 is 46.1. The number of furan rings is 1. The highest BCUT2D eigenvalue weighted by Crippen LogP contribution is 2.31. The highest BCUT2D eigenvalue weighted by atomic mass is 19.4. The molecule has 0 amide bonds. The molecule has 0 saturated heterocycles. The van der Waals surface area contributed by atoms with Gasteiger partial charge in [-0.15, -0.1) is 0 Å². The van der Waals surface area contributed by atoms with E-state index in [-0.39, 0.29) is 12.4 Å². The molecule has 0 saturated carbocycles. The number of carbonyl (C=O) groups is 1. The highest BCUT2D eigenvalue weighted by molar-refractivity contribution is 5.92. The standard InChI is InChI=1S/C10H8F3N3O3/c1-2-18-9(17)8(15-16-14)4-7-3-6(5-19-7)10(11,12)13/h3-5H,2H2,1H3/b8-4-. The van der Waals surface area contributed by atoms with Gasteiger partial charge in [0, 0.05) is 4.91 Å². The highest BCUT2D eigenvalue weighted by Gasteiger charge is 2.32. The van der Waals surface area contributed by atoms with Crippen molar-refractivity contribution in [2.75, 3.05) is 6.61 Å². The lowest BCUT2D eigenvalue weighted by atomic mass is 10.3. The van der Waals surface area contributed by atoms with Gasteiger partial charge in [-0.2, -0.15) is 13.2 Å². The van der Waals surface area contributed by atoms with E-state index in [1.165, 1.54) is 6.92 Å². The Morgan fingerprint density at radius 3 is 2.79 bits per heavy atom. The van der Waals surface area contributed by atoms with Gasteiger partial charge < -0.3 is 9.15 Å². The summed E-state index contributed by atoms with van der Waals surface area (Å²) in [5, 5.41) is 3.04. The van der Waals surface area contributed by atoms with E-state index in [1.54, 1.807) is 0 Å². The van der Waals surface area contributed by atoms with E-state index in [2.05, 4.69) is 19.2 Å². The van der Waals surface area contributed by atoms with Gasteiger partial charge in [0.25, 0.3) is 0 Å². The number of rotatable bonds is 4. The van der Waals surface area contributed by atoms with Crippen LogP contribution in [0.4, 0.5) is 13.2 Å². The Hall–Kier alpha value is -2.41. The fraction of sp³-hybridized carbons (Fsp3) is 0.300. The van der Waals surface area contributed by atoms with Gasteiger partial charge in [-0.3, -0.25) is 0 Å². The minimum absolute atomic E-state index is 0.0308. The second-order valence-corrected chi connectivity index (χ2v) is 3.18. The molecule has 0 fully saturated rings. The minimum Gasteiger partial charge on any atom is -0.464 e. The van der Waals surface area contributed by atoms with Crippen molar-refractivity contribution in [3.05, 3.63) is 39.8 Å². The number of hydrogen-bond donors (Lipinski definition) is 0. The molecule has 1 heterocycles. The maximum absolute atomic E-state index is 12.3. The smallest absolute Gasteiger partial charge is 0.419 e. The van der Waals surface area contributed by atoms with Crippen LogP contribution in [0, 0.1) is 0 Å². The first-order valence-electron chi connectivity index (χ1n) is 4.98. The number of esters is 1. The first-order chi connectivity index (χ1) is 8.88. The molecule has 0 unspecified atom stereocenters. The van der Waals surface area contributed by atoms with E-state index in [0.29, 0.717) is 12.3 Å². The molecule has 0 atom stereocenters. The summed E-state index contributed by atoms with van der Waals surface area (Å²) in [5.74, 6) is -1.23. The quantitative estimate of drug-likeness (QED) is 0.277. The average molecular weight is 275 g/mol. The first kappa shape index (κ1) is 14.7. The van der Waals surface area contributed by atoms with Gasteiger partial charge in [-0.25, -0.2) is 4.79 Å². The predicted octanol–water partition coefficient (Wildman–Crippen LogP) is 3.51. The second-order valence-electron chi connectivity index (χ2n) is 3.18. The van der Waals surface area contributed by atoms with Gasteiger partial charge in [-0.05, 0) is 24.6 Å². The molecule has 0 aromatic carbocycles. The zero-order valence-corrected chi connectivity index (χ0v) is 9.64. The monoisotopic (exact) mass is 275 g/mol. The summed E-state index contributed by atoms with van der Waals surface area (Å²) in [6.07, 6.45) is -3.20. The number of carbonyl (C=O) groups excluding carboxylic acids is 1. The molecule has 1 rings (SSSR count). The molecule has 0 spiro atoms. The van der Waals surface area contributed by atoms with Crippen molar-refractivity contribution in [2.45, 2.75) is 13.1 Å². The fourth-order valence-electron chi connectivity index (χ4n) is 1.09. The maximum Gasteiger partial charge on any atom is 0.419 e. The molecular formula is C10H8F3N3O3. The minimum atomic E-state index is -4.56. The number of nitrogens with zero attached hydrogens (tertiary/aromatic N) is 3. The number of halogens is 3. The third-order valence-electron chi connectivity index (χ3n) is 1.86. The zero-order valence-electron chi connectivity index (χ0n) is 9.64. The number of hydrogen-bond acceptors (Lipinski definition) is 4. The lowest BCUT2D eigenvalue weighted by molar-refractivity contribution is -0.139. The molecule has 9 heteroatoms. The Kier molecular flexibility index (Phi) is 4.60. The van der Waals surface area contributed by atoms with E-state index in [0.717, 1.165) is 6.08 Å². The van der Waals surface area contributed by atoms with E-state index in [9.17, 15) is 18.0 Å². The Balaban J connectivity index is 3.06. The predicted molar refractivity (Wildman–Crippen MR) is 57.5 cm³/mol. The van der Waals surface area contributed by atoms with Crippen LogP contribution in [-0.4, -0.2) is 12.6 Å². The van der Waals surface area contributed by atoms with Gasteiger partial charge in [0.15, 0.2) is 0 Å². The van der Waals surface area contributed by atoms with Gasteiger partial charge >= 0.3 is 12.1 Å². The van der Waals surface area contributed by atoms with Crippen molar-refractivity contribution in [1.82, 2.24) is 0 Å². The lowest BCUT2D eigenvalue weighted by Gasteiger charge is -2.00. The summed E-state index contributed by atoms with van der Waals surface area (Å²) in [6.45, 7) is 1.56. The number of alkyl halides is 3. The topological polar surface area (TPSA) is 88.2 Å². The summed E-state index contributed by atoms with van der Waals surface area (Å²) in [5.41, 5.74) is 6.76. The van der Waals surface area contributed by atoms with Crippen LogP contribution in [0.3, 0.4) is 0 Å². The van der Waals surface area contributed by atoms with Crippen molar-refractivity contribution in [3.63, 3.8) is 0 Å². The molecule has 0 aliphatic heterocycles. The third-order valence-corrected chi connectivity index (χ3v) is 1.86. The van der Waals surface area contributed by atoms with Crippen LogP contribution in [0.2, 0.25) is 0 Å². The zero-order chi connectivity index (χ0) is 14.5. The SMILES string of the molecule is CCOC(=O)/C(=C/c1cc(C(F)(F)F)co1)N=[N+]=[N-]. The van der Waals surface area contributed by atoms with Gasteiger partial charge in [0.05, 0.1) is 12.2 Å². The largest absolute Gasteiger partial charge is 0.464 e. The number of ether oxygens (including phenoxy) is 1. The fourth-order valence-corrected chi connectivity index (χ4v) is 1.09. The molecule has 0 bridgehead atoms. The summed E-state index contributed by atoms with van der Waals surface area (Å²) in [4.78, 5) is 13.7. The van der Waals surface area contributed by atoms with Gasteiger partial charge in [0.2, 0.25) is 0 Å². The second kappa shape index (κ2) is 5.96. The summed E-state index contributed by atoms with van der Waals surface area (Å²) >= 11 is 0. The van der Waals surface area contributed by atoms with Crippen LogP contribution in [-0.2, 0) is 15.7 Å². The Morgan fingerprint density at radius 1 is 1.63 bits per heavy atom. The third kappa shape index (κ3) is 4.07. The molecular weight excluding hydrogens is 267 g/mol. The lowest BCUT2D eigenvalue weighted by Crippen LogP contribution is -2.05.